The summed E-state index contributed by atoms with van der Waals surface area (Å²) in [6, 6.07) is 0.810. The van der Waals surface area contributed by atoms with E-state index in [-0.39, 0.29) is 5.75 Å². The molecule has 1 aliphatic rings. The van der Waals surface area contributed by atoms with Gasteiger partial charge in [-0.25, -0.2) is 8.42 Å². The normalized spacial score (nSPS) is 24.5. The number of hydrogen-bond donors (Lipinski definition) is 1. The SMILES string of the molecule is CCS(=O)(=O)CCCC(NC)C1CN(C)CCCN1C. The summed E-state index contributed by atoms with van der Waals surface area (Å²) in [5.41, 5.74) is 0. The molecule has 2 atom stereocenters. The topological polar surface area (TPSA) is 52.7 Å². The number of sulfone groups is 1. The third-order valence-corrected chi connectivity index (χ3v) is 6.15. The third kappa shape index (κ3) is 5.68. The Balaban J connectivity index is 2.55. The van der Waals surface area contributed by atoms with Crippen molar-refractivity contribution >= 4 is 9.84 Å². The molecule has 20 heavy (non-hydrogen) atoms. The summed E-state index contributed by atoms with van der Waals surface area (Å²) < 4.78 is 23.2. The fraction of sp³-hybridized carbons (Fsp3) is 1.00. The standard InChI is InChI=1S/C14H31N3O2S/c1-5-20(18,19)11-6-8-13(15-2)14-12-16(3)9-7-10-17(14)4/h13-15H,5-12H2,1-4H3. The van der Waals surface area contributed by atoms with Crippen LogP contribution in [0.3, 0.4) is 0 Å². The zero-order valence-corrected chi connectivity index (χ0v) is 14.2. The van der Waals surface area contributed by atoms with Crippen LogP contribution < -0.4 is 5.32 Å². The van der Waals surface area contributed by atoms with E-state index in [9.17, 15) is 8.42 Å². The average Bonchev–Trinajstić information content (AvgIpc) is 2.57. The van der Waals surface area contributed by atoms with Crippen molar-refractivity contribution in [1.82, 2.24) is 15.1 Å². The lowest BCUT2D eigenvalue weighted by Crippen LogP contribution is -2.51. The predicted octanol–water partition coefficient (Wildman–Crippen LogP) is 0.425. The van der Waals surface area contributed by atoms with Crippen molar-refractivity contribution in [3.8, 4) is 0 Å². The van der Waals surface area contributed by atoms with E-state index in [4.69, 9.17) is 0 Å². The van der Waals surface area contributed by atoms with Gasteiger partial charge in [-0.3, -0.25) is 0 Å². The molecule has 0 aromatic heterocycles. The van der Waals surface area contributed by atoms with Crippen LogP contribution in [0.4, 0.5) is 0 Å². The van der Waals surface area contributed by atoms with E-state index in [0.29, 0.717) is 17.8 Å². The van der Waals surface area contributed by atoms with Gasteiger partial charge < -0.3 is 15.1 Å². The van der Waals surface area contributed by atoms with Crippen LogP contribution in [0.2, 0.25) is 0 Å². The van der Waals surface area contributed by atoms with Gasteiger partial charge in [-0.1, -0.05) is 6.92 Å². The molecule has 120 valence electrons. The first-order valence-electron chi connectivity index (χ1n) is 7.66. The van der Waals surface area contributed by atoms with E-state index in [1.807, 2.05) is 7.05 Å². The van der Waals surface area contributed by atoms with E-state index < -0.39 is 9.84 Å². The highest BCUT2D eigenvalue weighted by molar-refractivity contribution is 7.91. The Bertz CT molecular complexity index is 373. The van der Waals surface area contributed by atoms with Gasteiger partial charge in [0.1, 0.15) is 9.84 Å². The van der Waals surface area contributed by atoms with Crippen molar-refractivity contribution in [2.24, 2.45) is 0 Å². The van der Waals surface area contributed by atoms with E-state index in [1.165, 1.54) is 6.42 Å². The lowest BCUT2D eigenvalue weighted by atomic mass is 10.0. The largest absolute Gasteiger partial charge is 0.315 e. The van der Waals surface area contributed by atoms with E-state index in [1.54, 1.807) is 6.92 Å². The van der Waals surface area contributed by atoms with E-state index >= 15 is 0 Å². The van der Waals surface area contributed by atoms with Gasteiger partial charge in [0.15, 0.2) is 0 Å². The maximum Gasteiger partial charge on any atom is 0.150 e. The first kappa shape index (κ1) is 17.9. The van der Waals surface area contributed by atoms with E-state index in [2.05, 4.69) is 29.2 Å². The minimum atomic E-state index is -2.84. The molecular weight excluding hydrogens is 274 g/mol. The van der Waals surface area contributed by atoms with Gasteiger partial charge >= 0.3 is 0 Å². The number of nitrogens with zero attached hydrogens (tertiary/aromatic N) is 2. The van der Waals surface area contributed by atoms with Gasteiger partial charge in [0.05, 0.1) is 5.75 Å². The molecule has 0 aromatic carbocycles. The van der Waals surface area contributed by atoms with Crippen LogP contribution in [0.25, 0.3) is 0 Å². The van der Waals surface area contributed by atoms with Gasteiger partial charge in [0.25, 0.3) is 0 Å². The second-order valence-electron chi connectivity index (χ2n) is 5.94. The summed E-state index contributed by atoms with van der Waals surface area (Å²) >= 11 is 0. The van der Waals surface area contributed by atoms with Gasteiger partial charge in [0, 0.05) is 24.4 Å². The fourth-order valence-electron chi connectivity index (χ4n) is 2.94. The molecule has 0 amide bonds. The Labute approximate surface area is 124 Å². The Kier molecular flexibility index (Phi) is 7.43. The predicted molar refractivity (Wildman–Crippen MR) is 84.9 cm³/mol. The van der Waals surface area contributed by atoms with Crippen molar-refractivity contribution in [3.05, 3.63) is 0 Å². The summed E-state index contributed by atoms with van der Waals surface area (Å²) in [6.07, 6.45) is 2.86. The molecule has 0 spiro atoms. The number of hydrogen-bond acceptors (Lipinski definition) is 5. The molecule has 0 radical (unpaired) electrons. The van der Waals surface area contributed by atoms with Crippen LogP contribution in [-0.2, 0) is 9.84 Å². The lowest BCUT2D eigenvalue weighted by Gasteiger charge is -2.34. The van der Waals surface area contributed by atoms with Crippen LogP contribution in [0.1, 0.15) is 26.2 Å². The molecule has 1 N–H and O–H groups in total. The van der Waals surface area contributed by atoms with E-state index in [0.717, 1.165) is 32.5 Å². The Morgan fingerprint density at radius 3 is 2.60 bits per heavy atom. The van der Waals surface area contributed by atoms with Gasteiger partial charge in [-0.2, -0.15) is 0 Å². The zero-order chi connectivity index (χ0) is 15.2. The molecule has 0 saturated carbocycles. The smallest absolute Gasteiger partial charge is 0.150 e. The molecule has 0 bridgehead atoms. The summed E-state index contributed by atoms with van der Waals surface area (Å²) in [5.74, 6) is 0.567. The van der Waals surface area contributed by atoms with Crippen LogP contribution in [0.15, 0.2) is 0 Å². The maximum absolute atomic E-state index is 11.6. The molecule has 1 rings (SSSR count). The second-order valence-corrected chi connectivity index (χ2v) is 8.41. The molecule has 2 unspecified atom stereocenters. The van der Waals surface area contributed by atoms with Crippen molar-refractivity contribution in [1.29, 1.82) is 0 Å². The van der Waals surface area contributed by atoms with Gasteiger partial charge in [-0.05, 0) is 53.5 Å². The number of nitrogens with one attached hydrogen (secondary N) is 1. The monoisotopic (exact) mass is 305 g/mol. The van der Waals surface area contributed by atoms with Crippen molar-refractivity contribution in [2.45, 2.75) is 38.3 Å². The molecule has 0 aromatic rings. The van der Waals surface area contributed by atoms with Gasteiger partial charge in [0.2, 0.25) is 0 Å². The van der Waals surface area contributed by atoms with Crippen molar-refractivity contribution < 1.29 is 8.42 Å². The Hall–Kier alpha value is -0.170. The molecular formula is C14H31N3O2S. The molecule has 1 fully saturated rings. The zero-order valence-electron chi connectivity index (χ0n) is 13.4. The van der Waals surface area contributed by atoms with Crippen LogP contribution >= 0.6 is 0 Å². The summed E-state index contributed by atoms with van der Waals surface area (Å²) in [4.78, 5) is 4.79. The minimum Gasteiger partial charge on any atom is -0.315 e. The minimum absolute atomic E-state index is 0.253. The number of rotatable bonds is 7. The summed E-state index contributed by atoms with van der Waals surface area (Å²) in [5, 5.41) is 3.39. The highest BCUT2D eigenvalue weighted by Crippen LogP contribution is 2.14. The molecule has 0 aliphatic carbocycles. The van der Waals surface area contributed by atoms with Crippen molar-refractivity contribution in [2.75, 3.05) is 52.3 Å². The van der Waals surface area contributed by atoms with Crippen LogP contribution in [-0.4, -0.2) is 82.6 Å². The molecule has 6 heteroatoms. The number of likely N-dealkylation sites (N-methyl/N-ethyl adjacent to an activating group) is 3. The quantitative estimate of drug-likeness (QED) is 0.739. The summed E-state index contributed by atoms with van der Waals surface area (Å²) in [7, 11) is 3.49. The average molecular weight is 305 g/mol. The first-order valence-corrected chi connectivity index (χ1v) is 9.48. The molecule has 1 aliphatic heterocycles. The second kappa shape index (κ2) is 8.32. The highest BCUT2D eigenvalue weighted by atomic mass is 32.2. The molecule has 5 nitrogen and oxygen atoms in total. The molecule has 1 heterocycles. The van der Waals surface area contributed by atoms with Crippen LogP contribution in [0.5, 0.6) is 0 Å². The fourth-order valence-corrected chi connectivity index (χ4v) is 3.83. The first-order chi connectivity index (χ1) is 9.39. The Morgan fingerprint density at radius 1 is 1.30 bits per heavy atom. The lowest BCUT2D eigenvalue weighted by molar-refractivity contribution is 0.176. The van der Waals surface area contributed by atoms with Crippen molar-refractivity contribution in [3.63, 3.8) is 0 Å². The highest BCUT2D eigenvalue weighted by Gasteiger charge is 2.27. The third-order valence-electron chi connectivity index (χ3n) is 4.36. The molecule has 1 saturated heterocycles. The summed E-state index contributed by atoms with van der Waals surface area (Å²) in [6.45, 7) is 5.02. The van der Waals surface area contributed by atoms with Crippen LogP contribution in [0, 0.1) is 0 Å². The Morgan fingerprint density at radius 2 is 2.00 bits per heavy atom. The maximum atomic E-state index is 11.6. The van der Waals surface area contributed by atoms with Gasteiger partial charge in [-0.15, -0.1) is 0 Å².